The van der Waals surface area contributed by atoms with Crippen LogP contribution in [-0.4, -0.2) is 46.7 Å². The van der Waals surface area contributed by atoms with E-state index in [4.69, 9.17) is 9.84 Å². The molecule has 2 aromatic rings. The van der Waals surface area contributed by atoms with Gasteiger partial charge < -0.3 is 15.0 Å². The summed E-state index contributed by atoms with van der Waals surface area (Å²) in [5.74, 6) is 1.27. The molecule has 7 heteroatoms. The number of nitrogens with zero attached hydrogens (tertiary/aromatic N) is 3. The van der Waals surface area contributed by atoms with E-state index in [9.17, 15) is 9.59 Å². The molecule has 0 aliphatic heterocycles. The number of rotatable bonds is 7. The smallest absolute Gasteiger partial charge is 0.245 e. The minimum absolute atomic E-state index is 0.0461. The van der Waals surface area contributed by atoms with Gasteiger partial charge in [0.15, 0.2) is 0 Å². The van der Waals surface area contributed by atoms with E-state index in [-0.39, 0.29) is 29.7 Å². The number of nitrogens with one attached hydrogen (secondary N) is 1. The van der Waals surface area contributed by atoms with Crippen molar-refractivity contribution < 1.29 is 14.3 Å². The van der Waals surface area contributed by atoms with Gasteiger partial charge in [0, 0.05) is 23.9 Å². The first-order valence-electron chi connectivity index (χ1n) is 11.1. The van der Waals surface area contributed by atoms with Crippen molar-refractivity contribution in [2.24, 2.45) is 5.92 Å². The third-order valence-electron chi connectivity index (χ3n) is 5.79. The van der Waals surface area contributed by atoms with Crippen LogP contribution in [0.1, 0.15) is 59.1 Å². The molecule has 0 saturated heterocycles. The van der Waals surface area contributed by atoms with Gasteiger partial charge in [-0.3, -0.25) is 9.59 Å². The molecule has 0 atom stereocenters. The second-order valence-electron chi connectivity index (χ2n) is 9.16. The third-order valence-corrected chi connectivity index (χ3v) is 5.79. The Morgan fingerprint density at radius 3 is 2.39 bits per heavy atom. The van der Waals surface area contributed by atoms with Crippen molar-refractivity contribution in [1.29, 1.82) is 0 Å². The number of amides is 2. The summed E-state index contributed by atoms with van der Waals surface area (Å²) in [7, 11) is 1.62. The minimum atomic E-state index is -0.219. The molecule has 1 heterocycles. The average molecular weight is 427 g/mol. The largest absolute Gasteiger partial charge is 0.497 e. The first-order chi connectivity index (χ1) is 14.7. The van der Waals surface area contributed by atoms with Gasteiger partial charge in [-0.15, -0.1) is 0 Å². The molecule has 1 aromatic heterocycles. The van der Waals surface area contributed by atoms with Crippen LogP contribution < -0.4 is 10.1 Å². The van der Waals surface area contributed by atoms with E-state index < -0.39 is 0 Å². The lowest BCUT2D eigenvalue weighted by Gasteiger charge is -2.23. The van der Waals surface area contributed by atoms with Gasteiger partial charge in [-0.2, -0.15) is 5.10 Å². The molecule has 0 radical (unpaired) electrons. The highest BCUT2D eigenvalue weighted by Crippen LogP contribution is 2.28. The SMILES string of the molecule is CCN(CC(=O)Nc1cc(C(C)(C)C)nn1-c1ccc(OC)cc1)C(=O)C1CCCC1. The molecular formula is C24H34N4O3. The van der Waals surface area contributed by atoms with Crippen LogP contribution >= 0.6 is 0 Å². The summed E-state index contributed by atoms with van der Waals surface area (Å²) in [6.45, 7) is 8.73. The van der Waals surface area contributed by atoms with E-state index in [1.54, 1.807) is 16.7 Å². The molecule has 2 amide bonds. The minimum Gasteiger partial charge on any atom is -0.497 e. The number of hydrogen-bond donors (Lipinski definition) is 1. The molecule has 1 fully saturated rings. The summed E-state index contributed by atoms with van der Waals surface area (Å²) in [5.41, 5.74) is 1.51. The van der Waals surface area contributed by atoms with Gasteiger partial charge in [0.2, 0.25) is 11.8 Å². The normalized spacial score (nSPS) is 14.5. The molecule has 0 unspecified atom stereocenters. The van der Waals surface area contributed by atoms with Crippen LogP contribution in [0.5, 0.6) is 5.75 Å². The summed E-state index contributed by atoms with van der Waals surface area (Å²) >= 11 is 0. The maximum Gasteiger partial charge on any atom is 0.245 e. The molecule has 168 valence electrons. The van der Waals surface area contributed by atoms with Gasteiger partial charge in [-0.25, -0.2) is 4.68 Å². The van der Waals surface area contributed by atoms with E-state index in [1.165, 1.54) is 0 Å². The van der Waals surface area contributed by atoms with Crippen molar-refractivity contribution in [3.8, 4) is 11.4 Å². The van der Waals surface area contributed by atoms with Gasteiger partial charge in [0.1, 0.15) is 11.6 Å². The van der Waals surface area contributed by atoms with E-state index in [1.807, 2.05) is 37.3 Å². The fraction of sp³-hybridized carbons (Fsp3) is 0.542. The van der Waals surface area contributed by atoms with E-state index >= 15 is 0 Å². The standard InChI is InChI=1S/C24H34N4O3/c1-6-27(23(30)17-9-7-8-10-17)16-22(29)25-21-15-20(24(2,3)4)26-28(21)18-11-13-19(31-5)14-12-18/h11-15,17H,6-10,16H2,1-5H3,(H,25,29). The van der Waals surface area contributed by atoms with Gasteiger partial charge in [-0.05, 0) is 44.0 Å². The van der Waals surface area contributed by atoms with Gasteiger partial charge in [0.05, 0.1) is 25.0 Å². The Balaban J connectivity index is 1.80. The van der Waals surface area contributed by atoms with Crippen molar-refractivity contribution in [3.63, 3.8) is 0 Å². The average Bonchev–Trinajstić information content (AvgIpc) is 3.41. The van der Waals surface area contributed by atoms with E-state index in [0.29, 0.717) is 12.4 Å². The number of methoxy groups -OCH3 is 1. The highest BCUT2D eigenvalue weighted by Gasteiger charge is 2.28. The second-order valence-corrected chi connectivity index (χ2v) is 9.16. The van der Waals surface area contributed by atoms with Crippen LogP contribution in [0.4, 0.5) is 5.82 Å². The highest BCUT2D eigenvalue weighted by molar-refractivity contribution is 5.94. The predicted octanol–water partition coefficient (Wildman–Crippen LogP) is 4.16. The lowest BCUT2D eigenvalue weighted by atomic mass is 9.92. The van der Waals surface area contributed by atoms with Crippen LogP contribution in [-0.2, 0) is 15.0 Å². The monoisotopic (exact) mass is 426 g/mol. The molecule has 0 bridgehead atoms. The van der Waals surface area contributed by atoms with E-state index in [0.717, 1.165) is 42.8 Å². The van der Waals surface area contributed by atoms with Crippen LogP contribution in [0.15, 0.2) is 30.3 Å². The summed E-state index contributed by atoms with van der Waals surface area (Å²) in [5, 5.41) is 7.72. The quantitative estimate of drug-likeness (QED) is 0.721. The number of benzene rings is 1. The molecule has 1 saturated carbocycles. The fourth-order valence-electron chi connectivity index (χ4n) is 3.89. The molecule has 3 rings (SSSR count). The van der Waals surface area contributed by atoms with Crippen molar-refractivity contribution in [1.82, 2.24) is 14.7 Å². The first-order valence-corrected chi connectivity index (χ1v) is 11.1. The zero-order chi connectivity index (χ0) is 22.6. The first kappa shape index (κ1) is 22.8. The summed E-state index contributed by atoms with van der Waals surface area (Å²) < 4.78 is 6.97. The van der Waals surface area contributed by atoms with Crippen molar-refractivity contribution >= 4 is 17.6 Å². The van der Waals surface area contributed by atoms with Crippen molar-refractivity contribution in [2.45, 2.75) is 58.8 Å². The molecule has 1 aromatic carbocycles. The molecular weight excluding hydrogens is 392 g/mol. The van der Waals surface area contributed by atoms with Crippen LogP contribution in [0, 0.1) is 5.92 Å². The van der Waals surface area contributed by atoms with Crippen molar-refractivity contribution in [3.05, 3.63) is 36.0 Å². The highest BCUT2D eigenvalue weighted by atomic mass is 16.5. The van der Waals surface area contributed by atoms with Crippen LogP contribution in [0.25, 0.3) is 5.69 Å². The number of aromatic nitrogens is 2. The van der Waals surface area contributed by atoms with Gasteiger partial charge in [0.25, 0.3) is 0 Å². The fourth-order valence-corrected chi connectivity index (χ4v) is 3.89. The van der Waals surface area contributed by atoms with Gasteiger partial charge in [-0.1, -0.05) is 33.6 Å². The molecule has 7 nitrogen and oxygen atoms in total. The zero-order valence-electron chi connectivity index (χ0n) is 19.3. The number of carbonyl (C=O) groups excluding carboxylic acids is 2. The molecule has 1 aliphatic rings. The maximum atomic E-state index is 12.9. The third kappa shape index (κ3) is 5.46. The number of hydrogen-bond acceptors (Lipinski definition) is 4. The Kier molecular flexibility index (Phi) is 7.03. The topological polar surface area (TPSA) is 76.5 Å². The van der Waals surface area contributed by atoms with Crippen LogP contribution in [0.3, 0.4) is 0 Å². The molecule has 1 N–H and O–H groups in total. The molecule has 1 aliphatic carbocycles. The zero-order valence-corrected chi connectivity index (χ0v) is 19.3. The number of carbonyl (C=O) groups is 2. The Bertz CT molecular complexity index is 906. The summed E-state index contributed by atoms with van der Waals surface area (Å²) in [4.78, 5) is 27.3. The Labute approximate surface area is 184 Å². The predicted molar refractivity (Wildman–Crippen MR) is 122 cm³/mol. The number of likely N-dealkylation sites (N-methyl/N-ethyl adjacent to an activating group) is 1. The Hall–Kier alpha value is -2.83. The second kappa shape index (κ2) is 9.54. The van der Waals surface area contributed by atoms with Crippen molar-refractivity contribution in [2.75, 3.05) is 25.5 Å². The lowest BCUT2D eigenvalue weighted by Crippen LogP contribution is -2.40. The number of anilines is 1. The Morgan fingerprint density at radius 2 is 1.84 bits per heavy atom. The Morgan fingerprint density at radius 1 is 1.19 bits per heavy atom. The summed E-state index contributed by atoms with van der Waals surface area (Å²) in [6.07, 6.45) is 4.04. The maximum absolute atomic E-state index is 12.9. The van der Waals surface area contributed by atoms with E-state index in [2.05, 4.69) is 26.1 Å². The molecule has 31 heavy (non-hydrogen) atoms. The van der Waals surface area contributed by atoms with Gasteiger partial charge >= 0.3 is 0 Å². The molecule has 0 spiro atoms. The number of ether oxygens (including phenoxy) is 1. The summed E-state index contributed by atoms with van der Waals surface area (Å²) in [6, 6.07) is 9.42. The lowest BCUT2D eigenvalue weighted by molar-refractivity contribution is -0.138. The van der Waals surface area contributed by atoms with Crippen LogP contribution in [0.2, 0.25) is 0 Å².